The van der Waals surface area contributed by atoms with Crippen LogP contribution in [0.15, 0.2) is 59.4 Å². The third-order valence-electron chi connectivity index (χ3n) is 6.81. The second-order valence-electron chi connectivity index (χ2n) is 9.52. The van der Waals surface area contributed by atoms with Crippen molar-refractivity contribution >= 4 is 27.5 Å². The van der Waals surface area contributed by atoms with E-state index in [2.05, 4.69) is 6.92 Å². The Labute approximate surface area is 204 Å². The molecule has 3 rings (SSSR count). The van der Waals surface area contributed by atoms with Crippen molar-refractivity contribution in [3.05, 3.63) is 70.4 Å². The number of benzene rings is 2. The van der Waals surface area contributed by atoms with Gasteiger partial charge in [-0.2, -0.15) is 0 Å². The normalized spacial score (nSPS) is 12.2. The fourth-order valence-electron chi connectivity index (χ4n) is 4.57. The molecule has 3 aromatic carbocycles. The molecule has 0 bridgehead atoms. The first-order valence-corrected chi connectivity index (χ1v) is 13.2. The van der Waals surface area contributed by atoms with Crippen molar-refractivity contribution in [2.24, 2.45) is 0 Å². The van der Waals surface area contributed by atoms with E-state index in [1.165, 1.54) is 57.8 Å². The van der Waals surface area contributed by atoms with E-state index in [-0.39, 0.29) is 17.3 Å². The first-order chi connectivity index (χ1) is 16.6. The maximum absolute atomic E-state index is 13.0. The molecule has 0 aliphatic carbocycles. The van der Waals surface area contributed by atoms with Crippen LogP contribution in [0.25, 0.3) is 21.5 Å². The first kappa shape index (κ1) is 25.9. The van der Waals surface area contributed by atoms with E-state index in [4.69, 9.17) is 4.74 Å². The summed E-state index contributed by atoms with van der Waals surface area (Å²) in [6.45, 7) is 4.62. The van der Waals surface area contributed by atoms with E-state index in [0.29, 0.717) is 17.4 Å². The van der Waals surface area contributed by atoms with E-state index in [9.17, 15) is 9.59 Å². The largest absolute Gasteiger partial charge is 0.465 e. The SMILES string of the molecule is CCCCCCCCCCCCCOC(=O)C(C)c1ccc2c(=O)c3ccccc3ccc2c1. The van der Waals surface area contributed by atoms with Crippen LogP contribution in [0.5, 0.6) is 0 Å². The van der Waals surface area contributed by atoms with Crippen LogP contribution in [-0.4, -0.2) is 12.6 Å². The van der Waals surface area contributed by atoms with E-state index in [1.807, 2.05) is 61.5 Å². The van der Waals surface area contributed by atoms with Crippen LogP contribution < -0.4 is 5.43 Å². The zero-order chi connectivity index (χ0) is 24.2. The first-order valence-electron chi connectivity index (χ1n) is 13.2. The summed E-state index contributed by atoms with van der Waals surface area (Å²) in [5.41, 5.74) is 0.903. The van der Waals surface area contributed by atoms with E-state index < -0.39 is 0 Å². The molecule has 1 unspecified atom stereocenters. The van der Waals surface area contributed by atoms with Gasteiger partial charge in [0.05, 0.1) is 12.5 Å². The average molecular weight is 461 g/mol. The van der Waals surface area contributed by atoms with Gasteiger partial charge in [0.2, 0.25) is 0 Å². The van der Waals surface area contributed by atoms with Crippen molar-refractivity contribution in [1.29, 1.82) is 0 Å². The molecule has 0 saturated heterocycles. The van der Waals surface area contributed by atoms with E-state index in [0.717, 1.165) is 29.2 Å². The Morgan fingerprint density at radius 2 is 1.32 bits per heavy atom. The summed E-state index contributed by atoms with van der Waals surface area (Å²) in [4.78, 5) is 25.5. The molecule has 3 heteroatoms. The third kappa shape index (κ3) is 7.41. The standard InChI is InChI=1S/C31H40O3/c1-3-4-5-6-7-8-9-10-11-12-15-22-34-31(33)24(2)26-20-21-29-27(23-26)19-18-25-16-13-14-17-28(25)30(29)32/h13-14,16-21,23-24H,3-12,15,22H2,1-2H3. The lowest BCUT2D eigenvalue weighted by atomic mass is 9.98. The molecule has 0 aromatic heterocycles. The highest BCUT2D eigenvalue weighted by atomic mass is 16.5. The molecular weight excluding hydrogens is 420 g/mol. The molecule has 0 amide bonds. The molecule has 0 spiro atoms. The zero-order valence-electron chi connectivity index (χ0n) is 21.0. The van der Waals surface area contributed by atoms with Gasteiger partial charge in [0.1, 0.15) is 0 Å². The van der Waals surface area contributed by atoms with Crippen LogP contribution in [0.1, 0.15) is 96.0 Å². The number of ether oxygens (including phenoxy) is 1. The summed E-state index contributed by atoms with van der Waals surface area (Å²) in [5, 5.41) is 3.16. The minimum Gasteiger partial charge on any atom is -0.465 e. The molecule has 0 aliphatic rings. The second kappa shape index (κ2) is 13.9. The van der Waals surface area contributed by atoms with Crippen LogP contribution >= 0.6 is 0 Å². The van der Waals surface area contributed by atoms with Gasteiger partial charge in [-0.05, 0) is 29.7 Å². The van der Waals surface area contributed by atoms with Crippen molar-refractivity contribution in [2.75, 3.05) is 6.61 Å². The molecule has 34 heavy (non-hydrogen) atoms. The van der Waals surface area contributed by atoms with Gasteiger partial charge in [0.25, 0.3) is 0 Å². The van der Waals surface area contributed by atoms with Crippen molar-refractivity contribution in [2.45, 2.75) is 90.4 Å². The van der Waals surface area contributed by atoms with Gasteiger partial charge in [-0.1, -0.05) is 126 Å². The minimum atomic E-state index is -0.355. The van der Waals surface area contributed by atoms with Crippen LogP contribution in [0.4, 0.5) is 0 Å². The summed E-state index contributed by atoms with van der Waals surface area (Å²) in [5.74, 6) is -0.550. The predicted octanol–water partition coefficient (Wildman–Crippen LogP) is 8.31. The number of unbranched alkanes of at least 4 members (excludes halogenated alkanes) is 10. The van der Waals surface area contributed by atoms with Gasteiger partial charge in [0, 0.05) is 10.8 Å². The van der Waals surface area contributed by atoms with Gasteiger partial charge in [-0.3, -0.25) is 9.59 Å². The Kier molecular flexibility index (Phi) is 10.6. The molecule has 0 fully saturated rings. The summed E-state index contributed by atoms with van der Waals surface area (Å²) < 4.78 is 5.56. The lowest BCUT2D eigenvalue weighted by molar-refractivity contribution is -0.145. The predicted molar refractivity (Wildman–Crippen MR) is 144 cm³/mol. The Morgan fingerprint density at radius 1 is 0.735 bits per heavy atom. The summed E-state index contributed by atoms with van der Waals surface area (Å²) in [6, 6.07) is 17.2. The maximum Gasteiger partial charge on any atom is 0.313 e. The number of esters is 1. The van der Waals surface area contributed by atoms with Crippen LogP contribution in [-0.2, 0) is 9.53 Å². The van der Waals surface area contributed by atoms with Crippen LogP contribution in [0.3, 0.4) is 0 Å². The average Bonchev–Trinajstić information content (AvgIpc) is 3.00. The summed E-state index contributed by atoms with van der Waals surface area (Å²) >= 11 is 0. The number of hydrogen-bond acceptors (Lipinski definition) is 3. The zero-order valence-corrected chi connectivity index (χ0v) is 21.0. The van der Waals surface area contributed by atoms with Gasteiger partial charge < -0.3 is 4.74 Å². The molecule has 0 radical (unpaired) electrons. The van der Waals surface area contributed by atoms with Crippen LogP contribution in [0, 0.1) is 0 Å². The molecule has 0 saturated carbocycles. The topological polar surface area (TPSA) is 43.4 Å². The highest BCUT2D eigenvalue weighted by Crippen LogP contribution is 2.23. The monoisotopic (exact) mass is 460 g/mol. The Hall–Kier alpha value is -2.68. The van der Waals surface area contributed by atoms with Gasteiger partial charge >= 0.3 is 5.97 Å². The maximum atomic E-state index is 13.0. The Balaban J connectivity index is 1.43. The van der Waals surface area contributed by atoms with E-state index >= 15 is 0 Å². The van der Waals surface area contributed by atoms with Crippen LogP contribution in [0.2, 0.25) is 0 Å². The molecule has 0 aliphatic heterocycles. The number of hydrogen-bond donors (Lipinski definition) is 0. The Bertz CT molecular complexity index is 1120. The molecule has 0 N–H and O–H groups in total. The molecule has 0 heterocycles. The molecular formula is C31H40O3. The molecule has 3 nitrogen and oxygen atoms in total. The highest BCUT2D eigenvalue weighted by molar-refractivity contribution is 5.94. The third-order valence-corrected chi connectivity index (χ3v) is 6.81. The lowest BCUT2D eigenvalue weighted by Crippen LogP contribution is -2.14. The number of carbonyl (C=O) groups is 1. The van der Waals surface area contributed by atoms with Crippen molar-refractivity contribution in [3.63, 3.8) is 0 Å². The van der Waals surface area contributed by atoms with E-state index in [1.54, 1.807) is 0 Å². The van der Waals surface area contributed by atoms with Crippen molar-refractivity contribution < 1.29 is 9.53 Å². The fourth-order valence-corrected chi connectivity index (χ4v) is 4.57. The molecule has 1 atom stereocenters. The summed E-state index contributed by atoms with van der Waals surface area (Å²) in [7, 11) is 0. The van der Waals surface area contributed by atoms with Crippen molar-refractivity contribution in [1.82, 2.24) is 0 Å². The second-order valence-corrected chi connectivity index (χ2v) is 9.52. The quantitative estimate of drug-likeness (QED) is 0.179. The number of carbonyl (C=O) groups excluding carboxylic acids is 1. The van der Waals surface area contributed by atoms with Gasteiger partial charge in [-0.25, -0.2) is 0 Å². The lowest BCUT2D eigenvalue weighted by Gasteiger charge is -2.12. The highest BCUT2D eigenvalue weighted by Gasteiger charge is 2.17. The van der Waals surface area contributed by atoms with Crippen molar-refractivity contribution in [3.8, 4) is 0 Å². The Morgan fingerprint density at radius 3 is 2.03 bits per heavy atom. The number of rotatable bonds is 14. The minimum absolute atomic E-state index is 0.0221. The number of fused-ring (bicyclic) bond motifs is 2. The van der Waals surface area contributed by atoms with Gasteiger partial charge in [-0.15, -0.1) is 0 Å². The fraction of sp³-hybridized carbons (Fsp3) is 0.484. The van der Waals surface area contributed by atoms with Gasteiger partial charge in [0.15, 0.2) is 5.43 Å². The smallest absolute Gasteiger partial charge is 0.313 e. The summed E-state index contributed by atoms with van der Waals surface area (Å²) in [6.07, 6.45) is 14.0. The molecule has 182 valence electrons. The molecule has 3 aromatic rings.